The molecule has 0 radical (unpaired) electrons. The first-order valence-corrected chi connectivity index (χ1v) is 12.5. The van der Waals surface area contributed by atoms with Crippen molar-refractivity contribution in [2.24, 2.45) is 0 Å². The first kappa shape index (κ1) is 25.4. The Labute approximate surface area is 206 Å². The van der Waals surface area contributed by atoms with Crippen molar-refractivity contribution in [2.75, 3.05) is 10.6 Å². The first-order chi connectivity index (χ1) is 16.2. The molecule has 180 valence electrons. The number of aryl methyl sites for hydroxylation is 2. The Bertz CT molecular complexity index is 1160. The number of carbonyl (C=O) groups excluding carboxylic acids is 1. The van der Waals surface area contributed by atoms with Crippen LogP contribution < -0.4 is 10.6 Å². The molecule has 0 atom stereocenters. The number of anilines is 2. The van der Waals surface area contributed by atoms with Crippen LogP contribution in [0.15, 0.2) is 60.3 Å². The third-order valence-electron chi connectivity index (χ3n) is 5.28. The summed E-state index contributed by atoms with van der Waals surface area (Å²) in [6, 6.07) is 9.66. The van der Waals surface area contributed by atoms with Crippen LogP contribution >= 0.6 is 11.3 Å². The largest absolute Gasteiger partial charge is 0.326 e. The van der Waals surface area contributed by atoms with Gasteiger partial charge in [0.05, 0.1) is 11.4 Å². The fourth-order valence-corrected chi connectivity index (χ4v) is 4.25. The van der Waals surface area contributed by atoms with Gasteiger partial charge in [0.1, 0.15) is 5.82 Å². The molecule has 0 aliphatic carbocycles. The number of allylic oxidation sites excluding steroid dienone is 4. The summed E-state index contributed by atoms with van der Waals surface area (Å²) >= 11 is 1.50. The molecule has 0 fully saturated rings. The summed E-state index contributed by atoms with van der Waals surface area (Å²) in [6.45, 7) is 12.5. The van der Waals surface area contributed by atoms with Gasteiger partial charge in [0.25, 0.3) is 0 Å². The van der Waals surface area contributed by atoms with E-state index in [4.69, 9.17) is 5.10 Å². The second-order valence-electron chi connectivity index (χ2n) is 9.31. The predicted octanol–water partition coefficient (Wildman–Crippen LogP) is 7.42. The van der Waals surface area contributed by atoms with Gasteiger partial charge in [-0.25, -0.2) is 14.5 Å². The Hall–Kier alpha value is -3.19. The van der Waals surface area contributed by atoms with Crippen molar-refractivity contribution in [1.29, 1.82) is 0 Å². The molecule has 0 bridgehead atoms. The standard InChI is InChI=1S/C27H35N5OS/c1-7-9-20(10-8-2)13-16-22-18-28-26(34-22)30-25(33)29-24-17-23(27(4,5)6)31-32(24)21-14-11-19(3)12-15-21/h7,9-12,14-15,17-18H,8,13,16H2,1-6H3,(H2,28,29,30,33)/b9-7-,20-10+. The molecule has 0 spiro atoms. The van der Waals surface area contributed by atoms with E-state index in [0.717, 1.165) is 35.5 Å². The van der Waals surface area contributed by atoms with Gasteiger partial charge in [-0.05, 0) is 45.2 Å². The third kappa shape index (κ3) is 6.90. The molecular formula is C27H35N5OS. The molecule has 0 aliphatic rings. The lowest BCUT2D eigenvalue weighted by atomic mass is 9.92. The topological polar surface area (TPSA) is 71.8 Å². The lowest BCUT2D eigenvalue weighted by Gasteiger charge is -2.14. The molecule has 1 aromatic carbocycles. The van der Waals surface area contributed by atoms with Crippen LogP contribution in [-0.4, -0.2) is 20.8 Å². The van der Waals surface area contributed by atoms with Gasteiger partial charge in [0, 0.05) is 22.6 Å². The zero-order valence-electron chi connectivity index (χ0n) is 21.0. The summed E-state index contributed by atoms with van der Waals surface area (Å²) in [5, 5.41) is 11.2. The van der Waals surface area contributed by atoms with Crippen molar-refractivity contribution < 1.29 is 4.79 Å². The van der Waals surface area contributed by atoms with Crippen LogP contribution in [0, 0.1) is 6.92 Å². The highest BCUT2D eigenvalue weighted by atomic mass is 32.1. The average molecular weight is 478 g/mol. The fourth-order valence-electron chi connectivity index (χ4n) is 3.44. The highest BCUT2D eigenvalue weighted by Crippen LogP contribution is 2.27. The van der Waals surface area contributed by atoms with Crippen LogP contribution in [0.2, 0.25) is 0 Å². The van der Waals surface area contributed by atoms with Crippen molar-refractivity contribution in [3.63, 3.8) is 0 Å². The number of urea groups is 1. The van der Waals surface area contributed by atoms with E-state index in [0.29, 0.717) is 10.9 Å². The summed E-state index contributed by atoms with van der Waals surface area (Å²) in [7, 11) is 0. The van der Waals surface area contributed by atoms with Gasteiger partial charge in [-0.2, -0.15) is 5.10 Å². The van der Waals surface area contributed by atoms with Crippen molar-refractivity contribution in [1.82, 2.24) is 14.8 Å². The number of hydrogen-bond donors (Lipinski definition) is 2. The predicted molar refractivity (Wildman–Crippen MR) is 143 cm³/mol. The van der Waals surface area contributed by atoms with Gasteiger partial charge in [-0.15, -0.1) is 11.3 Å². The number of aromatic nitrogens is 3. The van der Waals surface area contributed by atoms with Crippen LogP contribution in [0.4, 0.5) is 15.7 Å². The molecule has 0 saturated heterocycles. The van der Waals surface area contributed by atoms with E-state index in [1.807, 2.05) is 50.4 Å². The minimum atomic E-state index is -0.338. The molecule has 6 nitrogen and oxygen atoms in total. The summed E-state index contributed by atoms with van der Waals surface area (Å²) in [4.78, 5) is 18.3. The molecule has 0 aliphatic heterocycles. The molecule has 2 aromatic heterocycles. The maximum absolute atomic E-state index is 12.8. The summed E-state index contributed by atoms with van der Waals surface area (Å²) in [5.41, 5.74) is 4.14. The van der Waals surface area contributed by atoms with Gasteiger partial charge in [-0.3, -0.25) is 10.6 Å². The van der Waals surface area contributed by atoms with E-state index >= 15 is 0 Å². The number of rotatable bonds is 8. The number of benzene rings is 1. The minimum absolute atomic E-state index is 0.148. The van der Waals surface area contributed by atoms with Crippen molar-refractivity contribution in [3.05, 3.63) is 76.5 Å². The lowest BCUT2D eigenvalue weighted by Crippen LogP contribution is -2.21. The minimum Gasteiger partial charge on any atom is -0.292 e. The second-order valence-corrected chi connectivity index (χ2v) is 10.4. The fraction of sp³-hybridized carbons (Fsp3) is 0.370. The van der Waals surface area contributed by atoms with E-state index in [2.05, 4.69) is 61.5 Å². The number of carbonyl (C=O) groups is 1. The zero-order valence-corrected chi connectivity index (χ0v) is 21.8. The number of thiazole rings is 1. The molecule has 2 N–H and O–H groups in total. The molecule has 0 unspecified atom stereocenters. The molecule has 7 heteroatoms. The molecule has 0 saturated carbocycles. The molecule has 3 aromatic rings. The van der Waals surface area contributed by atoms with Gasteiger partial charge in [-0.1, -0.05) is 69.2 Å². The molecule has 3 rings (SSSR count). The molecule has 34 heavy (non-hydrogen) atoms. The second kappa shape index (κ2) is 11.3. The van der Waals surface area contributed by atoms with E-state index in [1.54, 1.807) is 4.68 Å². The normalized spacial score (nSPS) is 12.4. The Kier molecular flexibility index (Phi) is 8.45. The first-order valence-electron chi connectivity index (χ1n) is 11.7. The molecule has 2 amide bonds. The number of amides is 2. The highest BCUT2D eigenvalue weighted by Gasteiger charge is 2.21. The molecular weight excluding hydrogens is 442 g/mol. The van der Waals surface area contributed by atoms with Crippen LogP contribution in [0.5, 0.6) is 0 Å². The Morgan fingerprint density at radius 3 is 2.56 bits per heavy atom. The van der Waals surface area contributed by atoms with Crippen molar-refractivity contribution in [2.45, 2.75) is 66.2 Å². The quantitative estimate of drug-likeness (QED) is 0.332. The zero-order chi connectivity index (χ0) is 24.7. The number of nitrogens with one attached hydrogen (secondary N) is 2. The summed E-state index contributed by atoms with van der Waals surface area (Å²) in [6.07, 6.45) is 11.2. The smallest absolute Gasteiger partial charge is 0.292 e. The third-order valence-corrected chi connectivity index (χ3v) is 6.25. The summed E-state index contributed by atoms with van der Waals surface area (Å²) < 4.78 is 1.77. The highest BCUT2D eigenvalue weighted by molar-refractivity contribution is 7.15. The maximum atomic E-state index is 12.8. The van der Waals surface area contributed by atoms with Gasteiger partial charge >= 0.3 is 6.03 Å². The summed E-state index contributed by atoms with van der Waals surface area (Å²) in [5.74, 6) is 0.615. The average Bonchev–Trinajstić information content (AvgIpc) is 3.40. The Balaban J connectivity index is 1.71. The van der Waals surface area contributed by atoms with Gasteiger partial charge in [0.15, 0.2) is 5.13 Å². The maximum Gasteiger partial charge on any atom is 0.326 e. The Morgan fingerprint density at radius 1 is 1.18 bits per heavy atom. The van der Waals surface area contributed by atoms with E-state index in [-0.39, 0.29) is 11.4 Å². The number of nitrogens with zero attached hydrogens (tertiary/aromatic N) is 3. The monoisotopic (exact) mass is 477 g/mol. The van der Waals surface area contributed by atoms with Gasteiger partial charge < -0.3 is 0 Å². The van der Waals surface area contributed by atoms with E-state index in [1.165, 1.54) is 22.5 Å². The van der Waals surface area contributed by atoms with Crippen LogP contribution in [0.25, 0.3) is 5.69 Å². The Morgan fingerprint density at radius 2 is 1.91 bits per heavy atom. The molecule has 2 heterocycles. The number of hydrogen-bond acceptors (Lipinski definition) is 4. The van der Waals surface area contributed by atoms with E-state index in [9.17, 15) is 4.79 Å². The van der Waals surface area contributed by atoms with Crippen LogP contribution in [-0.2, 0) is 11.8 Å². The lowest BCUT2D eigenvalue weighted by molar-refractivity contribution is 0.262. The van der Waals surface area contributed by atoms with Crippen LogP contribution in [0.3, 0.4) is 0 Å². The van der Waals surface area contributed by atoms with Crippen molar-refractivity contribution in [3.8, 4) is 5.69 Å². The van der Waals surface area contributed by atoms with Crippen LogP contribution in [0.1, 0.15) is 63.6 Å². The van der Waals surface area contributed by atoms with Gasteiger partial charge in [0.2, 0.25) is 0 Å². The SMILES string of the molecule is C/C=C\C(=C/CC)CCc1cnc(NC(=O)Nc2cc(C(C)(C)C)nn2-c2ccc(C)cc2)s1. The van der Waals surface area contributed by atoms with E-state index < -0.39 is 0 Å². The van der Waals surface area contributed by atoms with Crippen molar-refractivity contribution >= 4 is 28.3 Å².